The predicted octanol–water partition coefficient (Wildman–Crippen LogP) is -0.357. The maximum atomic E-state index is 11.6. The largest absolute Gasteiger partial charge is 0.359 e. The lowest BCUT2D eigenvalue weighted by atomic mass is 9.96. The van der Waals surface area contributed by atoms with E-state index in [0.29, 0.717) is 5.56 Å². The molecule has 0 radical (unpaired) electrons. The van der Waals surface area contributed by atoms with Gasteiger partial charge in [-0.1, -0.05) is 0 Å². The van der Waals surface area contributed by atoms with Crippen molar-refractivity contribution in [3.05, 3.63) is 29.6 Å². The SMILES string of the molecule is CNC(=O)C1CCN(Cc2ccc(C(=O)NN)cn2)CC1. The quantitative estimate of drug-likeness (QED) is 0.400. The van der Waals surface area contributed by atoms with Crippen LogP contribution in [0.2, 0.25) is 0 Å². The average molecular weight is 291 g/mol. The number of hydrogen-bond donors (Lipinski definition) is 3. The molecule has 0 atom stereocenters. The van der Waals surface area contributed by atoms with E-state index in [0.717, 1.165) is 38.2 Å². The first-order valence-electron chi connectivity index (χ1n) is 7.04. The van der Waals surface area contributed by atoms with Gasteiger partial charge in [-0.2, -0.15) is 0 Å². The van der Waals surface area contributed by atoms with Gasteiger partial charge in [0, 0.05) is 25.7 Å². The summed E-state index contributed by atoms with van der Waals surface area (Å²) in [5.74, 6) is 4.98. The van der Waals surface area contributed by atoms with Crippen molar-refractivity contribution in [1.29, 1.82) is 0 Å². The minimum absolute atomic E-state index is 0.120. The van der Waals surface area contributed by atoms with Gasteiger partial charge in [0.15, 0.2) is 0 Å². The first kappa shape index (κ1) is 15.4. The van der Waals surface area contributed by atoms with Gasteiger partial charge in [0.25, 0.3) is 5.91 Å². The molecule has 114 valence electrons. The lowest BCUT2D eigenvalue weighted by Crippen LogP contribution is -2.39. The number of nitrogens with zero attached hydrogens (tertiary/aromatic N) is 2. The summed E-state index contributed by atoms with van der Waals surface area (Å²) >= 11 is 0. The number of likely N-dealkylation sites (tertiary alicyclic amines) is 1. The number of piperidine rings is 1. The van der Waals surface area contributed by atoms with Gasteiger partial charge in [0.2, 0.25) is 5.91 Å². The number of hydrazine groups is 1. The van der Waals surface area contributed by atoms with Crippen LogP contribution < -0.4 is 16.6 Å². The number of rotatable bonds is 4. The molecule has 1 aromatic heterocycles. The summed E-state index contributed by atoms with van der Waals surface area (Å²) in [6.45, 7) is 2.49. The highest BCUT2D eigenvalue weighted by Crippen LogP contribution is 2.18. The number of carbonyl (C=O) groups excluding carboxylic acids is 2. The lowest BCUT2D eigenvalue weighted by molar-refractivity contribution is -0.125. The Labute approximate surface area is 123 Å². The van der Waals surface area contributed by atoms with E-state index >= 15 is 0 Å². The van der Waals surface area contributed by atoms with E-state index in [-0.39, 0.29) is 17.7 Å². The molecule has 1 aliphatic heterocycles. The van der Waals surface area contributed by atoms with E-state index in [2.05, 4.69) is 20.6 Å². The molecular weight excluding hydrogens is 270 g/mol. The van der Waals surface area contributed by atoms with Crippen LogP contribution >= 0.6 is 0 Å². The van der Waals surface area contributed by atoms with Gasteiger partial charge in [0.1, 0.15) is 0 Å². The second-order valence-corrected chi connectivity index (χ2v) is 5.18. The average Bonchev–Trinajstić information content (AvgIpc) is 2.55. The predicted molar refractivity (Wildman–Crippen MR) is 78.0 cm³/mol. The number of aromatic nitrogens is 1. The first-order valence-corrected chi connectivity index (χ1v) is 7.04. The van der Waals surface area contributed by atoms with Gasteiger partial charge in [0.05, 0.1) is 11.3 Å². The van der Waals surface area contributed by atoms with Crippen molar-refractivity contribution < 1.29 is 9.59 Å². The Hall–Kier alpha value is -1.99. The monoisotopic (exact) mass is 291 g/mol. The molecule has 4 N–H and O–H groups in total. The van der Waals surface area contributed by atoms with Crippen LogP contribution in [0, 0.1) is 5.92 Å². The normalized spacial score (nSPS) is 16.5. The maximum absolute atomic E-state index is 11.6. The maximum Gasteiger partial charge on any atom is 0.266 e. The van der Waals surface area contributed by atoms with Crippen molar-refractivity contribution >= 4 is 11.8 Å². The van der Waals surface area contributed by atoms with Crippen LogP contribution in [0.1, 0.15) is 28.9 Å². The minimum atomic E-state index is -0.347. The zero-order chi connectivity index (χ0) is 15.2. The smallest absolute Gasteiger partial charge is 0.266 e. The number of nitrogens with one attached hydrogen (secondary N) is 2. The number of amides is 2. The second-order valence-electron chi connectivity index (χ2n) is 5.18. The van der Waals surface area contributed by atoms with Gasteiger partial charge in [-0.3, -0.25) is 24.9 Å². The van der Waals surface area contributed by atoms with Gasteiger partial charge < -0.3 is 5.32 Å². The fraction of sp³-hybridized carbons (Fsp3) is 0.500. The summed E-state index contributed by atoms with van der Waals surface area (Å²) in [6, 6.07) is 3.54. The highest BCUT2D eigenvalue weighted by molar-refractivity contribution is 5.93. The third kappa shape index (κ3) is 3.99. The van der Waals surface area contributed by atoms with E-state index in [1.54, 1.807) is 13.1 Å². The summed E-state index contributed by atoms with van der Waals surface area (Å²) in [5, 5.41) is 2.70. The van der Waals surface area contributed by atoms with Crippen LogP contribution in [0.25, 0.3) is 0 Å². The summed E-state index contributed by atoms with van der Waals surface area (Å²) in [5.41, 5.74) is 3.42. The molecule has 1 aliphatic rings. The molecule has 0 aliphatic carbocycles. The van der Waals surface area contributed by atoms with Gasteiger partial charge in [-0.05, 0) is 38.1 Å². The second kappa shape index (κ2) is 7.14. The number of hydrogen-bond acceptors (Lipinski definition) is 5. The zero-order valence-corrected chi connectivity index (χ0v) is 12.1. The Morgan fingerprint density at radius 3 is 2.62 bits per heavy atom. The van der Waals surface area contributed by atoms with Crippen molar-refractivity contribution in [2.24, 2.45) is 11.8 Å². The van der Waals surface area contributed by atoms with Crippen molar-refractivity contribution in [3.8, 4) is 0 Å². The molecule has 7 nitrogen and oxygen atoms in total. The van der Waals surface area contributed by atoms with E-state index in [1.807, 2.05) is 6.07 Å². The Balaban J connectivity index is 1.86. The number of carbonyl (C=O) groups is 2. The van der Waals surface area contributed by atoms with Crippen molar-refractivity contribution in [1.82, 2.24) is 20.6 Å². The standard InChI is InChI=1S/C14H21N5O2/c1-16-13(20)10-4-6-19(7-5-10)9-12-3-2-11(8-17-12)14(21)18-15/h2-3,8,10H,4-7,9,15H2,1H3,(H,16,20)(H,18,21). The Kier molecular flexibility index (Phi) is 5.24. The lowest BCUT2D eigenvalue weighted by Gasteiger charge is -2.30. The fourth-order valence-electron chi connectivity index (χ4n) is 2.52. The minimum Gasteiger partial charge on any atom is -0.359 e. The molecule has 1 aromatic rings. The number of nitrogens with two attached hydrogens (primary N) is 1. The van der Waals surface area contributed by atoms with E-state index in [1.165, 1.54) is 6.20 Å². The molecule has 1 fully saturated rings. The van der Waals surface area contributed by atoms with Crippen LogP contribution in [0.4, 0.5) is 0 Å². The molecule has 7 heteroatoms. The third-order valence-corrected chi connectivity index (χ3v) is 3.81. The molecule has 0 unspecified atom stereocenters. The molecule has 0 bridgehead atoms. The van der Waals surface area contributed by atoms with Gasteiger partial charge in [-0.15, -0.1) is 0 Å². The van der Waals surface area contributed by atoms with Crippen LogP contribution in [-0.2, 0) is 11.3 Å². The third-order valence-electron chi connectivity index (χ3n) is 3.81. The molecule has 1 saturated heterocycles. The van der Waals surface area contributed by atoms with Crippen LogP contribution in [0.3, 0.4) is 0 Å². The highest BCUT2D eigenvalue weighted by Gasteiger charge is 2.24. The molecule has 2 heterocycles. The van der Waals surface area contributed by atoms with E-state index in [4.69, 9.17) is 5.84 Å². The molecule has 0 saturated carbocycles. The summed E-state index contributed by atoms with van der Waals surface area (Å²) in [6.07, 6.45) is 3.26. The topological polar surface area (TPSA) is 100 Å². The summed E-state index contributed by atoms with van der Waals surface area (Å²) < 4.78 is 0. The molecule has 21 heavy (non-hydrogen) atoms. The fourth-order valence-corrected chi connectivity index (χ4v) is 2.52. The van der Waals surface area contributed by atoms with Crippen LogP contribution in [-0.4, -0.2) is 41.8 Å². The van der Waals surface area contributed by atoms with Crippen molar-refractivity contribution in [2.75, 3.05) is 20.1 Å². The Morgan fingerprint density at radius 2 is 2.10 bits per heavy atom. The first-order chi connectivity index (χ1) is 10.1. The zero-order valence-electron chi connectivity index (χ0n) is 12.1. The summed E-state index contributed by atoms with van der Waals surface area (Å²) in [7, 11) is 1.68. The molecular formula is C14H21N5O2. The molecule has 0 spiro atoms. The van der Waals surface area contributed by atoms with Gasteiger partial charge >= 0.3 is 0 Å². The van der Waals surface area contributed by atoms with Crippen molar-refractivity contribution in [3.63, 3.8) is 0 Å². The number of pyridine rings is 1. The van der Waals surface area contributed by atoms with E-state index < -0.39 is 0 Å². The Morgan fingerprint density at radius 1 is 1.38 bits per heavy atom. The highest BCUT2D eigenvalue weighted by atomic mass is 16.2. The van der Waals surface area contributed by atoms with Crippen molar-refractivity contribution in [2.45, 2.75) is 19.4 Å². The van der Waals surface area contributed by atoms with Gasteiger partial charge in [-0.25, -0.2) is 5.84 Å². The molecule has 2 amide bonds. The number of nitrogen functional groups attached to an aromatic ring is 1. The van der Waals surface area contributed by atoms with E-state index in [9.17, 15) is 9.59 Å². The van der Waals surface area contributed by atoms with Crippen LogP contribution in [0.5, 0.6) is 0 Å². The Bertz CT molecular complexity index is 495. The molecule has 0 aromatic carbocycles. The van der Waals surface area contributed by atoms with Crippen LogP contribution in [0.15, 0.2) is 18.3 Å². The molecule has 2 rings (SSSR count). The summed E-state index contributed by atoms with van der Waals surface area (Å²) in [4.78, 5) is 29.4.